The number of nitrogens with one attached hydrogen (secondary N) is 1. The number of benzene rings is 2. The van der Waals surface area contributed by atoms with Crippen LogP contribution in [0.2, 0.25) is 5.02 Å². The first kappa shape index (κ1) is 59.4. The summed E-state index contributed by atoms with van der Waals surface area (Å²) in [6.07, 6.45) is -16.3. The first-order valence-electron chi connectivity index (χ1n) is 21.8. The highest BCUT2D eigenvalue weighted by Gasteiger charge is 2.53. The van der Waals surface area contributed by atoms with Crippen molar-refractivity contribution in [1.29, 1.82) is 0 Å². The van der Waals surface area contributed by atoms with Crippen molar-refractivity contribution >= 4 is 68.0 Å². The van der Waals surface area contributed by atoms with Gasteiger partial charge in [-0.2, -0.15) is 49.6 Å². The van der Waals surface area contributed by atoms with Crippen LogP contribution in [-0.2, 0) is 70.1 Å². The Balaban J connectivity index is 1.65. The van der Waals surface area contributed by atoms with E-state index in [0.717, 1.165) is 63.4 Å². The minimum atomic E-state index is -5.28. The molecule has 76 heavy (non-hydrogen) atoms. The Labute approximate surface area is 430 Å². The van der Waals surface area contributed by atoms with Crippen LogP contribution in [0.4, 0.5) is 54.5 Å². The summed E-state index contributed by atoms with van der Waals surface area (Å²) in [4.78, 5) is 51.0. The van der Waals surface area contributed by atoms with Crippen molar-refractivity contribution in [1.82, 2.24) is 29.9 Å². The normalized spacial score (nSPS) is 16.4. The fourth-order valence-corrected chi connectivity index (χ4v) is 9.86. The molecule has 0 saturated carbocycles. The van der Waals surface area contributed by atoms with E-state index in [-0.39, 0.29) is 24.9 Å². The molecule has 2 amide bonds. The van der Waals surface area contributed by atoms with Crippen LogP contribution >= 0.6 is 19.4 Å². The van der Waals surface area contributed by atoms with Gasteiger partial charge in [0.25, 0.3) is 5.92 Å². The number of aromatic nitrogens is 5. The second kappa shape index (κ2) is 20.8. The van der Waals surface area contributed by atoms with Crippen LogP contribution in [0.5, 0.6) is 0 Å². The maximum Gasteiger partial charge on any atom is 0.469 e. The summed E-state index contributed by atoms with van der Waals surface area (Å²) in [6, 6.07) is 4.30. The summed E-state index contributed by atoms with van der Waals surface area (Å²) < 4.78 is 219. The van der Waals surface area contributed by atoms with E-state index >= 15 is 8.78 Å². The Hall–Kier alpha value is -5.83. The lowest BCUT2D eigenvalue weighted by Crippen LogP contribution is -2.41. The van der Waals surface area contributed by atoms with Gasteiger partial charge in [-0.25, -0.2) is 40.0 Å². The largest absolute Gasteiger partial charge is 0.469 e. The number of hydrogen-bond acceptors (Lipinski definition) is 12. The van der Waals surface area contributed by atoms with Crippen LogP contribution < -0.4 is 9.62 Å². The number of phosphoric ester groups is 1. The number of carbonyl (C=O) groups is 2. The second-order valence-electron chi connectivity index (χ2n) is 18.2. The Morgan fingerprint density at radius 2 is 1.57 bits per heavy atom. The standard InChI is InChI=1S/C44H43ClF10N7O11PS2/c1-21-18-42(48,49)38-33(21)37(44(53,54)55)58-60(38)19-32(63)57-31(16-24-14-25(46)17-26(47)15-24)35-28(9-8-27(56-35)12-13-41(4,5)75(6,68)69)29-10-11-30(45)34-36(29)61(20-43(50,51)52)59-39(34)62(76(7,70)71)40(64)72-22(2)23(3)73-74(65,66)67/h8-11,14-15,17,21-23,31H,16,18-20H2,1-7H3,(H,57,63)(H2,65,66,67)/t21-,22-,23-,31-/m0/s1. The maximum absolute atomic E-state index is 15.4. The number of anilines is 1. The Morgan fingerprint density at radius 1 is 0.961 bits per heavy atom. The number of rotatable bonds is 15. The fraction of sp³-hybridized carbons (Fsp3) is 0.432. The average molecular weight is 1170 g/mol. The molecule has 0 radical (unpaired) electrons. The molecule has 0 bridgehead atoms. The van der Waals surface area contributed by atoms with E-state index in [2.05, 4.69) is 36.9 Å². The van der Waals surface area contributed by atoms with E-state index in [9.17, 15) is 75.9 Å². The molecule has 414 valence electrons. The molecule has 3 heterocycles. The number of carbonyl (C=O) groups excluding carboxylic acids is 2. The lowest BCUT2D eigenvalue weighted by molar-refractivity contribution is -0.143. The van der Waals surface area contributed by atoms with Gasteiger partial charge < -0.3 is 19.8 Å². The lowest BCUT2D eigenvalue weighted by atomic mass is 9.93. The van der Waals surface area contributed by atoms with E-state index in [4.69, 9.17) is 16.3 Å². The van der Waals surface area contributed by atoms with Crippen molar-refractivity contribution in [2.24, 2.45) is 0 Å². The molecule has 2 aromatic carbocycles. The molecule has 6 rings (SSSR count). The highest BCUT2D eigenvalue weighted by atomic mass is 35.5. The number of fused-ring (bicyclic) bond motifs is 2. The third kappa shape index (κ3) is 13.3. The zero-order chi connectivity index (χ0) is 57.2. The Morgan fingerprint density at radius 3 is 2.12 bits per heavy atom. The Kier molecular flexibility index (Phi) is 16.3. The number of sulfonamides is 1. The van der Waals surface area contributed by atoms with Crippen molar-refractivity contribution in [3.8, 4) is 23.0 Å². The number of amides is 2. The molecule has 4 atom stereocenters. The van der Waals surface area contributed by atoms with Gasteiger partial charge >= 0.3 is 26.3 Å². The molecule has 32 heteroatoms. The molecule has 5 aromatic rings. The molecule has 3 N–H and O–H groups in total. The zero-order valence-corrected chi connectivity index (χ0v) is 43.6. The number of nitrogens with zero attached hydrogens (tertiary/aromatic N) is 6. The fourth-order valence-electron chi connectivity index (χ4n) is 8.03. The van der Waals surface area contributed by atoms with Crippen LogP contribution in [-0.4, -0.2) is 98.8 Å². The summed E-state index contributed by atoms with van der Waals surface area (Å²) >= 11 is 6.61. The topological polar surface area (TPSA) is 242 Å². The van der Waals surface area contributed by atoms with E-state index < -0.39 is 180 Å². The smallest absolute Gasteiger partial charge is 0.443 e. The molecule has 3 aromatic heterocycles. The van der Waals surface area contributed by atoms with Gasteiger partial charge in [-0.1, -0.05) is 30.5 Å². The predicted octanol–water partition coefficient (Wildman–Crippen LogP) is 8.47. The van der Waals surface area contributed by atoms with E-state index in [1.807, 2.05) is 0 Å². The summed E-state index contributed by atoms with van der Waals surface area (Å²) in [5.41, 5.74) is -6.63. The molecule has 1 aliphatic carbocycles. The number of alkyl halides is 8. The molecule has 0 unspecified atom stereocenters. The van der Waals surface area contributed by atoms with Crippen LogP contribution in [0.1, 0.15) is 86.9 Å². The van der Waals surface area contributed by atoms with Gasteiger partial charge in [0.05, 0.1) is 33.9 Å². The van der Waals surface area contributed by atoms with Crippen molar-refractivity contribution in [3.05, 3.63) is 93.0 Å². The lowest BCUT2D eigenvalue weighted by Gasteiger charge is -2.24. The van der Waals surface area contributed by atoms with Gasteiger partial charge in [-0.15, -0.1) is 0 Å². The van der Waals surface area contributed by atoms with Crippen LogP contribution in [0.3, 0.4) is 0 Å². The van der Waals surface area contributed by atoms with Crippen molar-refractivity contribution in [2.75, 3.05) is 16.8 Å². The summed E-state index contributed by atoms with van der Waals surface area (Å²) in [5.74, 6) is -5.22. The van der Waals surface area contributed by atoms with Crippen LogP contribution in [0, 0.1) is 23.5 Å². The quantitative estimate of drug-likeness (QED) is 0.0506. The van der Waals surface area contributed by atoms with Crippen LogP contribution in [0.25, 0.3) is 22.0 Å². The maximum atomic E-state index is 15.4. The van der Waals surface area contributed by atoms with Gasteiger partial charge in [-0.3, -0.25) is 18.7 Å². The van der Waals surface area contributed by atoms with Gasteiger partial charge in [0, 0.05) is 35.4 Å². The van der Waals surface area contributed by atoms with Crippen LogP contribution in [0.15, 0.2) is 42.5 Å². The number of ether oxygens (including phenoxy) is 1. The van der Waals surface area contributed by atoms with Gasteiger partial charge in [0.15, 0.2) is 21.3 Å². The Bertz CT molecular complexity index is 3470. The molecular formula is C44H43ClF10N7O11PS2. The number of phosphoric acid groups is 1. The number of hydrogen-bond donors (Lipinski definition) is 3. The predicted molar refractivity (Wildman–Crippen MR) is 251 cm³/mol. The molecular weight excluding hydrogens is 1120 g/mol. The third-order valence-electron chi connectivity index (χ3n) is 11.7. The third-order valence-corrected chi connectivity index (χ3v) is 15.6. The average Bonchev–Trinajstić information content (AvgIpc) is 3.87. The first-order valence-corrected chi connectivity index (χ1v) is 27.5. The van der Waals surface area contributed by atoms with Gasteiger partial charge in [0.1, 0.15) is 53.1 Å². The molecule has 1 aliphatic rings. The summed E-state index contributed by atoms with van der Waals surface area (Å²) in [5, 5.41) is 8.21. The SMILES string of the molecule is C[C@H](OC(=O)N(c1nn(CC(F)(F)F)c2c(-c3ccc(C#CC(C)(C)S(C)(=O)=O)nc3[C@H](Cc3cc(F)cc(F)c3)NC(=O)Cn3nc(C(F)(F)F)c4c3C(F)(F)C[C@@H]4C)ccc(Cl)c12)S(C)(=O)=O)[C@H](C)OP(=O)(O)O. The monoisotopic (exact) mass is 1170 g/mol. The summed E-state index contributed by atoms with van der Waals surface area (Å²) in [6.45, 7) is 2.08. The number of halogens is 11. The molecule has 0 fully saturated rings. The van der Waals surface area contributed by atoms with Gasteiger partial charge in [0.2, 0.25) is 15.9 Å². The molecule has 0 spiro atoms. The van der Waals surface area contributed by atoms with Crippen molar-refractivity contribution < 1.29 is 93.9 Å². The highest BCUT2D eigenvalue weighted by Crippen LogP contribution is 2.52. The van der Waals surface area contributed by atoms with E-state index in [0.29, 0.717) is 12.3 Å². The number of sulfone groups is 1. The molecule has 0 aliphatic heterocycles. The van der Waals surface area contributed by atoms with Crippen molar-refractivity contribution in [3.63, 3.8) is 0 Å². The second-order valence-corrected chi connectivity index (χ2v) is 24.2. The number of pyridine rings is 1. The first-order chi connectivity index (χ1) is 34.6. The summed E-state index contributed by atoms with van der Waals surface area (Å²) in [7, 11) is -14.2. The van der Waals surface area contributed by atoms with Crippen molar-refractivity contribution in [2.45, 2.75) is 108 Å². The minimum absolute atomic E-state index is 0.129. The molecule has 0 saturated heterocycles. The minimum Gasteiger partial charge on any atom is -0.443 e. The zero-order valence-electron chi connectivity index (χ0n) is 40.4. The molecule has 18 nitrogen and oxygen atoms in total. The van der Waals surface area contributed by atoms with E-state index in [1.54, 1.807) is 0 Å². The van der Waals surface area contributed by atoms with Gasteiger partial charge in [-0.05, 0) is 81.8 Å². The van der Waals surface area contributed by atoms with E-state index in [1.165, 1.54) is 13.8 Å². The highest BCUT2D eigenvalue weighted by molar-refractivity contribution is 7.93.